The Hall–Kier alpha value is -2.96. The highest BCUT2D eigenvalue weighted by Crippen LogP contribution is 2.49. The van der Waals surface area contributed by atoms with Gasteiger partial charge in [-0.3, -0.25) is 10.1 Å². The summed E-state index contributed by atoms with van der Waals surface area (Å²) in [7, 11) is 1.61. The normalized spacial score (nSPS) is 15.0. The van der Waals surface area contributed by atoms with Crippen molar-refractivity contribution in [1.29, 1.82) is 0 Å². The Morgan fingerprint density at radius 3 is 2.38 bits per heavy atom. The molecular weight excluding hydrogens is 334 g/mol. The molecular formula is C19H21N3O4. The van der Waals surface area contributed by atoms with Crippen LogP contribution in [0.4, 0.5) is 17.1 Å². The monoisotopic (exact) mass is 355 g/mol. The minimum atomic E-state index is -0.442. The van der Waals surface area contributed by atoms with Crippen molar-refractivity contribution in [2.24, 2.45) is 10.2 Å². The SMILES string of the molecule is COc1c(C)c(/N=N/c2ccc([N+](=O)[O-])cc2)c(C)c2c1OC(C)(C)C2. The summed E-state index contributed by atoms with van der Waals surface area (Å²) in [6, 6.07) is 5.97. The summed E-state index contributed by atoms with van der Waals surface area (Å²) in [6.07, 6.45) is 0.769. The predicted octanol–water partition coefficient (Wildman–Crippen LogP) is 5.35. The molecule has 1 heterocycles. The fourth-order valence-corrected chi connectivity index (χ4v) is 3.21. The van der Waals surface area contributed by atoms with Crippen molar-refractivity contribution in [2.45, 2.75) is 39.7 Å². The molecule has 0 spiro atoms. The van der Waals surface area contributed by atoms with Crippen LogP contribution in [0.5, 0.6) is 11.5 Å². The van der Waals surface area contributed by atoms with Crippen molar-refractivity contribution in [1.82, 2.24) is 0 Å². The van der Waals surface area contributed by atoms with Gasteiger partial charge in [-0.25, -0.2) is 0 Å². The zero-order valence-corrected chi connectivity index (χ0v) is 15.5. The number of methoxy groups -OCH3 is 1. The average molecular weight is 355 g/mol. The predicted molar refractivity (Wildman–Crippen MR) is 98.2 cm³/mol. The van der Waals surface area contributed by atoms with Gasteiger partial charge in [-0.15, -0.1) is 5.11 Å². The lowest BCUT2D eigenvalue weighted by Crippen LogP contribution is -2.24. The van der Waals surface area contributed by atoms with E-state index in [1.165, 1.54) is 12.1 Å². The van der Waals surface area contributed by atoms with E-state index in [2.05, 4.69) is 10.2 Å². The molecule has 0 unspecified atom stereocenters. The van der Waals surface area contributed by atoms with E-state index < -0.39 is 4.92 Å². The number of benzene rings is 2. The summed E-state index contributed by atoms with van der Waals surface area (Å²) >= 11 is 0. The van der Waals surface area contributed by atoms with Crippen LogP contribution in [0.25, 0.3) is 0 Å². The Balaban J connectivity index is 2.02. The van der Waals surface area contributed by atoms with Gasteiger partial charge in [0.05, 0.1) is 23.4 Å². The number of hydrogen-bond acceptors (Lipinski definition) is 6. The fraction of sp³-hybridized carbons (Fsp3) is 0.368. The average Bonchev–Trinajstić information content (AvgIpc) is 2.91. The quantitative estimate of drug-likeness (QED) is 0.420. The van der Waals surface area contributed by atoms with Crippen molar-refractivity contribution < 1.29 is 14.4 Å². The lowest BCUT2D eigenvalue weighted by atomic mass is 9.95. The van der Waals surface area contributed by atoms with E-state index in [4.69, 9.17) is 9.47 Å². The molecule has 26 heavy (non-hydrogen) atoms. The van der Waals surface area contributed by atoms with Crippen molar-refractivity contribution in [2.75, 3.05) is 7.11 Å². The number of nitrogens with zero attached hydrogens (tertiary/aromatic N) is 3. The van der Waals surface area contributed by atoms with Crippen molar-refractivity contribution in [3.8, 4) is 11.5 Å². The number of non-ortho nitro benzene ring substituents is 1. The molecule has 2 aromatic rings. The smallest absolute Gasteiger partial charge is 0.269 e. The Bertz CT molecular complexity index is 902. The maximum atomic E-state index is 10.7. The van der Waals surface area contributed by atoms with Crippen LogP contribution < -0.4 is 9.47 Å². The lowest BCUT2D eigenvalue weighted by molar-refractivity contribution is -0.384. The van der Waals surface area contributed by atoms with Gasteiger partial charge in [-0.1, -0.05) is 0 Å². The Morgan fingerprint density at radius 2 is 1.81 bits per heavy atom. The standard InChI is InChI=1S/C19H21N3O4/c1-11-15-10-19(3,4)26-18(15)17(25-5)12(2)16(11)21-20-13-6-8-14(9-7-13)22(23)24/h6-9H,10H2,1-5H3/b21-20+. The second-order valence-corrected chi connectivity index (χ2v) is 6.95. The number of nitro benzene ring substituents is 1. The lowest BCUT2D eigenvalue weighted by Gasteiger charge is -2.18. The van der Waals surface area contributed by atoms with Crippen molar-refractivity contribution in [3.05, 3.63) is 51.1 Å². The Morgan fingerprint density at radius 1 is 1.15 bits per heavy atom. The first-order valence-corrected chi connectivity index (χ1v) is 8.29. The first-order valence-electron chi connectivity index (χ1n) is 8.29. The first-order chi connectivity index (χ1) is 12.2. The molecule has 0 aliphatic carbocycles. The molecule has 1 aliphatic rings. The second kappa shape index (κ2) is 6.40. The van der Waals surface area contributed by atoms with Gasteiger partial charge in [0.1, 0.15) is 5.60 Å². The van der Waals surface area contributed by atoms with Crippen molar-refractivity contribution in [3.63, 3.8) is 0 Å². The maximum absolute atomic E-state index is 10.7. The third-order valence-electron chi connectivity index (χ3n) is 4.49. The summed E-state index contributed by atoms with van der Waals surface area (Å²) in [5, 5.41) is 19.4. The van der Waals surface area contributed by atoms with Crippen LogP contribution in [-0.4, -0.2) is 17.6 Å². The van der Waals surface area contributed by atoms with E-state index in [1.807, 2.05) is 27.7 Å². The number of ether oxygens (including phenoxy) is 2. The fourth-order valence-electron chi connectivity index (χ4n) is 3.21. The number of hydrogen-bond donors (Lipinski definition) is 0. The summed E-state index contributed by atoms with van der Waals surface area (Å²) < 4.78 is 11.6. The van der Waals surface area contributed by atoms with Crippen LogP contribution in [0, 0.1) is 24.0 Å². The van der Waals surface area contributed by atoms with Crippen LogP contribution in [0.3, 0.4) is 0 Å². The molecule has 0 aromatic heterocycles. The van der Waals surface area contributed by atoms with E-state index in [1.54, 1.807) is 19.2 Å². The van der Waals surface area contributed by atoms with Crippen LogP contribution in [-0.2, 0) is 6.42 Å². The molecule has 7 heteroatoms. The van der Waals surface area contributed by atoms with Gasteiger partial charge in [-0.05, 0) is 45.4 Å². The minimum absolute atomic E-state index is 0.0230. The molecule has 3 rings (SSSR count). The summed E-state index contributed by atoms with van der Waals surface area (Å²) in [5.41, 5.74) is 3.96. The zero-order chi connectivity index (χ0) is 19.1. The molecule has 0 saturated carbocycles. The van der Waals surface area contributed by atoms with E-state index in [9.17, 15) is 10.1 Å². The van der Waals surface area contributed by atoms with Gasteiger partial charge in [0.25, 0.3) is 5.69 Å². The molecule has 0 atom stereocenters. The molecule has 0 radical (unpaired) electrons. The van der Waals surface area contributed by atoms with Crippen LogP contribution in [0.15, 0.2) is 34.5 Å². The van der Waals surface area contributed by atoms with Gasteiger partial charge in [-0.2, -0.15) is 5.11 Å². The highest BCUT2D eigenvalue weighted by atomic mass is 16.6. The molecule has 1 aliphatic heterocycles. The van der Waals surface area contributed by atoms with Gasteiger partial charge in [0.15, 0.2) is 11.5 Å². The molecule has 0 saturated heterocycles. The molecule has 0 fully saturated rings. The molecule has 2 aromatic carbocycles. The van der Waals surface area contributed by atoms with Crippen LogP contribution >= 0.6 is 0 Å². The van der Waals surface area contributed by atoms with Crippen molar-refractivity contribution >= 4 is 17.1 Å². The van der Waals surface area contributed by atoms with E-state index in [0.29, 0.717) is 11.4 Å². The van der Waals surface area contributed by atoms with Crippen LogP contribution in [0.1, 0.15) is 30.5 Å². The second-order valence-electron chi connectivity index (χ2n) is 6.95. The topological polar surface area (TPSA) is 86.3 Å². The molecule has 0 amide bonds. The third kappa shape index (κ3) is 3.12. The Labute approximate surface area is 151 Å². The first kappa shape index (κ1) is 17.8. The summed E-state index contributed by atoms with van der Waals surface area (Å²) in [6.45, 7) is 8.00. The number of fused-ring (bicyclic) bond motifs is 1. The largest absolute Gasteiger partial charge is 0.492 e. The summed E-state index contributed by atoms with van der Waals surface area (Å²) in [4.78, 5) is 10.3. The summed E-state index contributed by atoms with van der Waals surface area (Å²) in [5.74, 6) is 1.45. The highest BCUT2D eigenvalue weighted by molar-refractivity contribution is 5.69. The Kier molecular flexibility index (Phi) is 4.39. The third-order valence-corrected chi connectivity index (χ3v) is 4.49. The number of rotatable bonds is 4. The molecule has 0 N–H and O–H groups in total. The zero-order valence-electron chi connectivity index (χ0n) is 15.5. The molecule has 0 bridgehead atoms. The van der Waals surface area contributed by atoms with Gasteiger partial charge < -0.3 is 9.47 Å². The van der Waals surface area contributed by atoms with Gasteiger partial charge in [0, 0.05) is 29.7 Å². The van der Waals surface area contributed by atoms with E-state index in [-0.39, 0.29) is 11.3 Å². The van der Waals surface area contributed by atoms with Gasteiger partial charge >= 0.3 is 0 Å². The number of azo groups is 1. The van der Waals surface area contributed by atoms with Crippen LogP contribution in [0.2, 0.25) is 0 Å². The van der Waals surface area contributed by atoms with E-state index in [0.717, 1.165) is 34.5 Å². The maximum Gasteiger partial charge on any atom is 0.269 e. The number of nitro groups is 1. The van der Waals surface area contributed by atoms with E-state index >= 15 is 0 Å². The van der Waals surface area contributed by atoms with Gasteiger partial charge in [0.2, 0.25) is 0 Å². The molecule has 7 nitrogen and oxygen atoms in total. The highest BCUT2D eigenvalue weighted by Gasteiger charge is 2.36. The molecule has 136 valence electrons. The minimum Gasteiger partial charge on any atom is -0.492 e.